The minimum atomic E-state index is 0.831. The van der Waals surface area contributed by atoms with Crippen LogP contribution in [0.2, 0.25) is 0 Å². The molecule has 1 N–H and O–H groups in total. The van der Waals surface area contributed by atoms with Gasteiger partial charge >= 0.3 is 0 Å². The molecule has 0 spiro atoms. The fourth-order valence-corrected chi connectivity index (χ4v) is 2.79. The quantitative estimate of drug-likeness (QED) is 0.881. The SMILES string of the molecule is CCNc1nnc(CN(C)Cc2ccccc2C)s1. The first-order chi connectivity index (χ1) is 9.19. The molecular formula is C14H20N4S. The molecule has 2 rings (SSSR count). The highest BCUT2D eigenvalue weighted by Crippen LogP contribution is 2.17. The van der Waals surface area contributed by atoms with Crippen LogP contribution in [-0.2, 0) is 13.1 Å². The van der Waals surface area contributed by atoms with Crippen LogP contribution < -0.4 is 5.32 Å². The van der Waals surface area contributed by atoms with Crippen LogP contribution in [-0.4, -0.2) is 28.7 Å². The average molecular weight is 276 g/mol. The summed E-state index contributed by atoms with van der Waals surface area (Å²) < 4.78 is 0. The van der Waals surface area contributed by atoms with E-state index >= 15 is 0 Å². The van der Waals surface area contributed by atoms with Crippen molar-refractivity contribution in [2.45, 2.75) is 26.9 Å². The van der Waals surface area contributed by atoms with E-state index in [2.05, 4.69) is 65.6 Å². The zero-order chi connectivity index (χ0) is 13.7. The number of aryl methyl sites for hydroxylation is 1. The fourth-order valence-electron chi connectivity index (χ4n) is 1.91. The molecule has 0 aliphatic rings. The summed E-state index contributed by atoms with van der Waals surface area (Å²) in [6, 6.07) is 8.49. The third kappa shape index (κ3) is 4.01. The number of rotatable bonds is 6. The molecule has 0 bridgehead atoms. The average Bonchev–Trinajstić information content (AvgIpc) is 2.80. The van der Waals surface area contributed by atoms with Gasteiger partial charge in [-0.25, -0.2) is 0 Å². The molecule has 0 aliphatic carbocycles. The number of hydrogen-bond acceptors (Lipinski definition) is 5. The second-order valence-electron chi connectivity index (χ2n) is 4.63. The summed E-state index contributed by atoms with van der Waals surface area (Å²) in [4.78, 5) is 2.26. The summed E-state index contributed by atoms with van der Waals surface area (Å²) in [5.74, 6) is 0. The Bertz CT molecular complexity index is 524. The first-order valence-corrected chi connectivity index (χ1v) is 7.30. The van der Waals surface area contributed by atoms with Crippen LogP contribution in [0.5, 0.6) is 0 Å². The first kappa shape index (κ1) is 14.0. The van der Waals surface area contributed by atoms with E-state index in [4.69, 9.17) is 0 Å². The van der Waals surface area contributed by atoms with E-state index in [-0.39, 0.29) is 0 Å². The third-order valence-corrected chi connectivity index (χ3v) is 3.77. The Balaban J connectivity index is 1.93. The zero-order valence-electron chi connectivity index (χ0n) is 11.7. The van der Waals surface area contributed by atoms with E-state index in [1.54, 1.807) is 11.3 Å². The van der Waals surface area contributed by atoms with Gasteiger partial charge in [-0.15, -0.1) is 10.2 Å². The monoisotopic (exact) mass is 276 g/mol. The minimum absolute atomic E-state index is 0.831. The second-order valence-corrected chi connectivity index (χ2v) is 5.69. The summed E-state index contributed by atoms with van der Waals surface area (Å²) in [6.45, 7) is 6.86. The number of benzene rings is 1. The molecule has 1 heterocycles. The van der Waals surface area contributed by atoms with Crippen molar-refractivity contribution in [1.29, 1.82) is 0 Å². The minimum Gasteiger partial charge on any atom is -0.360 e. The zero-order valence-corrected chi connectivity index (χ0v) is 12.5. The summed E-state index contributed by atoms with van der Waals surface area (Å²) in [6.07, 6.45) is 0. The van der Waals surface area contributed by atoms with Crippen LogP contribution in [0.25, 0.3) is 0 Å². The molecule has 19 heavy (non-hydrogen) atoms. The third-order valence-electron chi connectivity index (χ3n) is 2.90. The van der Waals surface area contributed by atoms with Gasteiger partial charge in [0, 0.05) is 13.1 Å². The maximum absolute atomic E-state index is 4.20. The van der Waals surface area contributed by atoms with Crippen molar-refractivity contribution in [3.05, 3.63) is 40.4 Å². The van der Waals surface area contributed by atoms with Crippen molar-refractivity contribution in [1.82, 2.24) is 15.1 Å². The second kappa shape index (κ2) is 6.63. The standard InChI is InChI=1S/C14H20N4S/c1-4-15-14-17-16-13(19-14)10-18(3)9-12-8-6-5-7-11(12)2/h5-8H,4,9-10H2,1-3H3,(H,15,17). The van der Waals surface area contributed by atoms with Gasteiger partial charge in [0.25, 0.3) is 0 Å². The Morgan fingerprint density at radius 3 is 2.74 bits per heavy atom. The first-order valence-electron chi connectivity index (χ1n) is 6.48. The highest BCUT2D eigenvalue weighted by atomic mass is 32.1. The predicted molar refractivity (Wildman–Crippen MR) is 80.4 cm³/mol. The Morgan fingerprint density at radius 2 is 2.00 bits per heavy atom. The van der Waals surface area contributed by atoms with Gasteiger partial charge in [-0.3, -0.25) is 4.90 Å². The molecule has 0 saturated heterocycles. The molecule has 1 aromatic carbocycles. The Hall–Kier alpha value is -1.46. The van der Waals surface area contributed by atoms with E-state index < -0.39 is 0 Å². The van der Waals surface area contributed by atoms with Gasteiger partial charge in [-0.05, 0) is 32.0 Å². The fraction of sp³-hybridized carbons (Fsp3) is 0.429. The van der Waals surface area contributed by atoms with Crippen LogP contribution in [0.4, 0.5) is 5.13 Å². The molecule has 0 amide bonds. The molecule has 1 aromatic heterocycles. The number of anilines is 1. The van der Waals surface area contributed by atoms with Crippen molar-refractivity contribution in [2.75, 3.05) is 18.9 Å². The Kier molecular flexibility index (Phi) is 4.87. The molecule has 0 fully saturated rings. The highest BCUT2D eigenvalue weighted by Gasteiger charge is 2.08. The lowest BCUT2D eigenvalue weighted by molar-refractivity contribution is 0.317. The lowest BCUT2D eigenvalue weighted by Gasteiger charge is -2.16. The van der Waals surface area contributed by atoms with E-state index in [1.807, 2.05) is 0 Å². The molecular weight excluding hydrogens is 256 g/mol. The van der Waals surface area contributed by atoms with Crippen molar-refractivity contribution in [3.63, 3.8) is 0 Å². The van der Waals surface area contributed by atoms with Gasteiger partial charge in [0.15, 0.2) is 0 Å². The molecule has 4 nitrogen and oxygen atoms in total. The molecule has 0 saturated carbocycles. The molecule has 5 heteroatoms. The normalized spacial score (nSPS) is 10.9. The smallest absolute Gasteiger partial charge is 0.205 e. The molecule has 0 aliphatic heterocycles. The number of nitrogens with zero attached hydrogens (tertiary/aromatic N) is 3. The Labute approximate surface area is 118 Å². The maximum Gasteiger partial charge on any atom is 0.205 e. The molecule has 0 atom stereocenters. The van der Waals surface area contributed by atoms with Crippen LogP contribution in [0.1, 0.15) is 23.1 Å². The van der Waals surface area contributed by atoms with Crippen molar-refractivity contribution < 1.29 is 0 Å². The van der Waals surface area contributed by atoms with Crippen LogP contribution in [0.15, 0.2) is 24.3 Å². The summed E-state index contributed by atoms with van der Waals surface area (Å²) >= 11 is 1.63. The molecule has 102 valence electrons. The summed E-state index contributed by atoms with van der Waals surface area (Å²) in [5.41, 5.74) is 2.70. The lowest BCUT2D eigenvalue weighted by atomic mass is 10.1. The summed E-state index contributed by atoms with van der Waals surface area (Å²) in [7, 11) is 2.11. The van der Waals surface area contributed by atoms with Gasteiger partial charge in [0.05, 0.1) is 6.54 Å². The molecule has 0 unspecified atom stereocenters. The van der Waals surface area contributed by atoms with Crippen LogP contribution >= 0.6 is 11.3 Å². The number of nitrogens with one attached hydrogen (secondary N) is 1. The van der Waals surface area contributed by atoms with Gasteiger partial charge in [-0.1, -0.05) is 35.6 Å². The maximum atomic E-state index is 4.20. The topological polar surface area (TPSA) is 41.1 Å². The van der Waals surface area contributed by atoms with Crippen molar-refractivity contribution >= 4 is 16.5 Å². The van der Waals surface area contributed by atoms with Gasteiger partial charge < -0.3 is 5.32 Å². The van der Waals surface area contributed by atoms with Gasteiger partial charge in [0.2, 0.25) is 5.13 Å². The van der Waals surface area contributed by atoms with Gasteiger partial charge in [0.1, 0.15) is 5.01 Å². The highest BCUT2D eigenvalue weighted by molar-refractivity contribution is 7.15. The van der Waals surface area contributed by atoms with E-state index in [1.165, 1.54) is 11.1 Å². The number of aromatic nitrogens is 2. The Morgan fingerprint density at radius 1 is 1.21 bits per heavy atom. The van der Waals surface area contributed by atoms with Gasteiger partial charge in [-0.2, -0.15) is 0 Å². The van der Waals surface area contributed by atoms with Crippen molar-refractivity contribution in [3.8, 4) is 0 Å². The van der Waals surface area contributed by atoms with Crippen LogP contribution in [0, 0.1) is 6.92 Å². The predicted octanol–water partition coefficient (Wildman–Crippen LogP) is 2.91. The number of hydrogen-bond donors (Lipinski definition) is 1. The molecule has 0 radical (unpaired) electrons. The van der Waals surface area contributed by atoms with Crippen LogP contribution in [0.3, 0.4) is 0 Å². The van der Waals surface area contributed by atoms with E-state index in [0.717, 1.165) is 29.8 Å². The lowest BCUT2D eigenvalue weighted by Crippen LogP contribution is -2.17. The largest absolute Gasteiger partial charge is 0.360 e. The van der Waals surface area contributed by atoms with E-state index in [0.29, 0.717) is 0 Å². The van der Waals surface area contributed by atoms with Crippen molar-refractivity contribution in [2.24, 2.45) is 0 Å². The van der Waals surface area contributed by atoms with E-state index in [9.17, 15) is 0 Å². The molecule has 2 aromatic rings. The summed E-state index contributed by atoms with van der Waals surface area (Å²) in [5, 5.41) is 13.5.